The SMILES string of the molecule is CCCCOC(=O)Cn1nc(C)c(CNC2CC2)c1C. The number of carbonyl (C=O) groups excluding carboxylic acids is 1. The quantitative estimate of drug-likeness (QED) is 0.585. The van der Waals surface area contributed by atoms with Crippen molar-refractivity contribution < 1.29 is 9.53 Å². The first-order valence-corrected chi connectivity index (χ1v) is 7.53. The van der Waals surface area contributed by atoms with Gasteiger partial charge in [-0.15, -0.1) is 0 Å². The summed E-state index contributed by atoms with van der Waals surface area (Å²) in [6.45, 7) is 7.64. The Morgan fingerprint density at radius 1 is 1.45 bits per heavy atom. The van der Waals surface area contributed by atoms with Gasteiger partial charge < -0.3 is 10.1 Å². The van der Waals surface area contributed by atoms with E-state index in [0.29, 0.717) is 12.6 Å². The number of aromatic nitrogens is 2. The molecule has 2 rings (SSSR count). The van der Waals surface area contributed by atoms with E-state index in [9.17, 15) is 4.79 Å². The maximum absolute atomic E-state index is 11.7. The molecule has 1 aromatic heterocycles. The van der Waals surface area contributed by atoms with E-state index in [1.54, 1.807) is 4.68 Å². The van der Waals surface area contributed by atoms with Gasteiger partial charge in [0.05, 0.1) is 12.3 Å². The Balaban J connectivity index is 1.90. The molecule has 5 heteroatoms. The first-order chi connectivity index (χ1) is 9.61. The summed E-state index contributed by atoms with van der Waals surface area (Å²) in [7, 11) is 0. The second-order valence-electron chi connectivity index (χ2n) is 5.54. The van der Waals surface area contributed by atoms with Crippen LogP contribution in [-0.4, -0.2) is 28.4 Å². The molecule has 1 N–H and O–H groups in total. The van der Waals surface area contributed by atoms with Crippen molar-refractivity contribution in [2.45, 2.75) is 65.6 Å². The van der Waals surface area contributed by atoms with Gasteiger partial charge in [0.1, 0.15) is 6.54 Å². The molecular formula is C15H25N3O2. The Morgan fingerprint density at radius 2 is 2.20 bits per heavy atom. The molecule has 0 aromatic carbocycles. The van der Waals surface area contributed by atoms with Crippen molar-refractivity contribution in [1.29, 1.82) is 0 Å². The molecule has 1 aliphatic carbocycles. The van der Waals surface area contributed by atoms with Gasteiger partial charge in [0.25, 0.3) is 0 Å². The fraction of sp³-hybridized carbons (Fsp3) is 0.733. The van der Waals surface area contributed by atoms with E-state index in [4.69, 9.17) is 4.74 Å². The van der Waals surface area contributed by atoms with Gasteiger partial charge in [-0.3, -0.25) is 9.48 Å². The van der Waals surface area contributed by atoms with Crippen molar-refractivity contribution in [1.82, 2.24) is 15.1 Å². The van der Waals surface area contributed by atoms with Crippen molar-refractivity contribution in [2.24, 2.45) is 0 Å². The lowest BCUT2D eigenvalue weighted by molar-refractivity contribution is -0.144. The van der Waals surface area contributed by atoms with Crippen LogP contribution in [0.3, 0.4) is 0 Å². The second kappa shape index (κ2) is 6.88. The van der Waals surface area contributed by atoms with Gasteiger partial charge in [0, 0.05) is 23.8 Å². The number of esters is 1. The number of ether oxygens (including phenoxy) is 1. The van der Waals surface area contributed by atoms with Gasteiger partial charge in [0.15, 0.2) is 0 Å². The first kappa shape index (κ1) is 15.0. The number of rotatable bonds is 8. The topological polar surface area (TPSA) is 56.2 Å². The highest BCUT2D eigenvalue weighted by Gasteiger charge is 2.22. The predicted octanol–water partition coefficient (Wildman–Crippen LogP) is 2.10. The van der Waals surface area contributed by atoms with Crippen LogP contribution in [-0.2, 0) is 22.6 Å². The van der Waals surface area contributed by atoms with Crippen LogP contribution in [0.15, 0.2) is 0 Å². The number of nitrogens with one attached hydrogen (secondary N) is 1. The fourth-order valence-corrected chi connectivity index (χ4v) is 2.18. The molecular weight excluding hydrogens is 254 g/mol. The number of nitrogens with zero attached hydrogens (tertiary/aromatic N) is 2. The zero-order chi connectivity index (χ0) is 14.5. The summed E-state index contributed by atoms with van der Waals surface area (Å²) in [6, 6.07) is 0.677. The minimum atomic E-state index is -0.203. The van der Waals surface area contributed by atoms with Gasteiger partial charge in [-0.05, 0) is 33.1 Å². The van der Waals surface area contributed by atoms with Crippen LogP contribution >= 0.6 is 0 Å². The Morgan fingerprint density at radius 3 is 2.85 bits per heavy atom. The van der Waals surface area contributed by atoms with Gasteiger partial charge in [-0.2, -0.15) is 5.10 Å². The highest BCUT2D eigenvalue weighted by Crippen LogP contribution is 2.21. The summed E-state index contributed by atoms with van der Waals surface area (Å²) in [6.07, 6.45) is 4.50. The molecule has 1 heterocycles. The fourth-order valence-electron chi connectivity index (χ4n) is 2.18. The molecule has 0 radical (unpaired) electrons. The molecule has 1 aromatic rings. The molecule has 0 amide bonds. The third-order valence-electron chi connectivity index (χ3n) is 3.72. The molecule has 20 heavy (non-hydrogen) atoms. The Hall–Kier alpha value is -1.36. The van der Waals surface area contributed by atoms with Crippen LogP contribution in [0.5, 0.6) is 0 Å². The molecule has 0 spiro atoms. The highest BCUT2D eigenvalue weighted by molar-refractivity contribution is 5.69. The lowest BCUT2D eigenvalue weighted by atomic mass is 10.2. The number of unbranched alkanes of at least 4 members (excludes halogenated alkanes) is 1. The van der Waals surface area contributed by atoms with Gasteiger partial charge in [0.2, 0.25) is 0 Å². The van der Waals surface area contributed by atoms with Crippen molar-refractivity contribution in [3.05, 3.63) is 17.0 Å². The maximum Gasteiger partial charge on any atom is 0.327 e. The molecule has 5 nitrogen and oxygen atoms in total. The Bertz CT molecular complexity index is 464. The summed E-state index contributed by atoms with van der Waals surface area (Å²) in [4.78, 5) is 11.7. The van der Waals surface area contributed by atoms with Gasteiger partial charge in [-0.25, -0.2) is 0 Å². The lowest BCUT2D eigenvalue weighted by Gasteiger charge is -2.07. The van der Waals surface area contributed by atoms with Crippen LogP contribution in [0, 0.1) is 13.8 Å². The van der Waals surface area contributed by atoms with Crippen LogP contribution in [0.25, 0.3) is 0 Å². The standard InChI is InChI=1S/C15H25N3O2/c1-4-5-8-20-15(19)10-18-12(3)14(11(2)17-18)9-16-13-6-7-13/h13,16H,4-10H2,1-3H3. The average Bonchev–Trinajstić information content (AvgIpc) is 3.18. The highest BCUT2D eigenvalue weighted by atomic mass is 16.5. The third kappa shape index (κ3) is 4.07. The van der Waals surface area contributed by atoms with Crippen LogP contribution < -0.4 is 5.32 Å². The van der Waals surface area contributed by atoms with Crippen molar-refractivity contribution in [3.8, 4) is 0 Å². The van der Waals surface area contributed by atoms with Gasteiger partial charge >= 0.3 is 5.97 Å². The van der Waals surface area contributed by atoms with Crippen LogP contribution in [0.1, 0.15) is 49.6 Å². The minimum Gasteiger partial charge on any atom is -0.464 e. The average molecular weight is 279 g/mol. The molecule has 0 aliphatic heterocycles. The van der Waals surface area contributed by atoms with Crippen molar-refractivity contribution in [2.75, 3.05) is 6.61 Å². The molecule has 112 valence electrons. The van der Waals surface area contributed by atoms with Crippen LogP contribution in [0.4, 0.5) is 0 Å². The predicted molar refractivity (Wildman–Crippen MR) is 77.4 cm³/mol. The maximum atomic E-state index is 11.7. The van der Waals surface area contributed by atoms with E-state index < -0.39 is 0 Å². The molecule has 1 fully saturated rings. The molecule has 0 unspecified atom stereocenters. The number of carbonyl (C=O) groups is 1. The molecule has 1 saturated carbocycles. The largest absolute Gasteiger partial charge is 0.464 e. The summed E-state index contributed by atoms with van der Waals surface area (Å²) in [5, 5.41) is 7.95. The minimum absolute atomic E-state index is 0.203. The Kier molecular flexibility index (Phi) is 5.17. The molecule has 0 atom stereocenters. The Labute approximate surface area is 120 Å². The van der Waals surface area contributed by atoms with Gasteiger partial charge in [-0.1, -0.05) is 13.3 Å². The van der Waals surface area contributed by atoms with Crippen molar-refractivity contribution >= 4 is 5.97 Å². The molecule has 1 aliphatic rings. The van der Waals surface area contributed by atoms with E-state index in [2.05, 4.69) is 17.3 Å². The second-order valence-corrected chi connectivity index (χ2v) is 5.54. The summed E-state index contributed by atoms with van der Waals surface area (Å²) < 4.78 is 6.94. The van der Waals surface area contributed by atoms with Crippen molar-refractivity contribution in [3.63, 3.8) is 0 Å². The number of hydrogen-bond donors (Lipinski definition) is 1. The zero-order valence-corrected chi connectivity index (χ0v) is 12.7. The molecule has 0 saturated heterocycles. The number of hydrogen-bond acceptors (Lipinski definition) is 4. The smallest absolute Gasteiger partial charge is 0.327 e. The van der Waals surface area contributed by atoms with E-state index in [0.717, 1.165) is 30.8 Å². The van der Waals surface area contributed by atoms with Crippen LogP contribution in [0.2, 0.25) is 0 Å². The van der Waals surface area contributed by atoms with E-state index in [1.165, 1.54) is 18.4 Å². The first-order valence-electron chi connectivity index (χ1n) is 7.53. The van der Waals surface area contributed by atoms with E-state index in [-0.39, 0.29) is 12.5 Å². The number of aryl methyl sites for hydroxylation is 1. The van der Waals surface area contributed by atoms with E-state index in [1.807, 2.05) is 13.8 Å². The summed E-state index contributed by atoms with van der Waals surface area (Å²) >= 11 is 0. The third-order valence-corrected chi connectivity index (χ3v) is 3.72. The summed E-state index contributed by atoms with van der Waals surface area (Å²) in [5.74, 6) is -0.203. The lowest BCUT2D eigenvalue weighted by Crippen LogP contribution is -2.18. The summed E-state index contributed by atoms with van der Waals surface area (Å²) in [5.41, 5.74) is 3.26. The molecule has 0 bridgehead atoms. The monoisotopic (exact) mass is 279 g/mol. The normalized spacial score (nSPS) is 14.6. The van der Waals surface area contributed by atoms with E-state index >= 15 is 0 Å². The zero-order valence-electron chi connectivity index (χ0n) is 12.7.